The zero-order valence-electron chi connectivity index (χ0n) is 13.3. The fraction of sp³-hybridized carbons (Fsp3) is 0.500. The lowest BCUT2D eigenvalue weighted by Crippen LogP contribution is -2.27. The summed E-state index contributed by atoms with van der Waals surface area (Å²) in [6, 6.07) is 11.3. The van der Waals surface area contributed by atoms with Crippen molar-refractivity contribution in [2.45, 2.75) is 39.8 Å². The fourth-order valence-electron chi connectivity index (χ4n) is 3.43. The van der Waals surface area contributed by atoms with Gasteiger partial charge in [-0.05, 0) is 38.3 Å². The van der Waals surface area contributed by atoms with Gasteiger partial charge in [0.25, 0.3) is 0 Å². The Balaban J connectivity index is 1.93. The van der Waals surface area contributed by atoms with E-state index in [1.807, 2.05) is 0 Å². The molecule has 1 saturated heterocycles. The first-order valence-corrected chi connectivity index (χ1v) is 8.04. The molecule has 1 fully saturated rings. The molecule has 2 unspecified atom stereocenters. The number of nitrogens with zero attached hydrogens (tertiary/aromatic N) is 2. The maximum absolute atomic E-state index is 4.81. The van der Waals surface area contributed by atoms with Crippen LogP contribution < -0.4 is 5.32 Å². The third-order valence-corrected chi connectivity index (χ3v) is 4.43. The quantitative estimate of drug-likeness (QED) is 0.922. The number of para-hydroxylation sites is 1. The lowest BCUT2D eigenvalue weighted by Gasteiger charge is -2.22. The largest absolute Gasteiger partial charge is 0.370 e. The standard InChI is InChI=1S/C18H25N3/c1-4-19-18-16(12-21-11-13(2)9-14(21)3)10-15-7-5-6-8-17(15)20-18/h5-8,10,13-14H,4,9,11-12H2,1-3H3,(H,19,20). The number of likely N-dealkylation sites (tertiary alicyclic amines) is 1. The van der Waals surface area contributed by atoms with Crippen molar-refractivity contribution in [3.05, 3.63) is 35.9 Å². The van der Waals surface area contributed by atoms with Crippen molar-refractivity contribution in [1.82, 2.24) is 9.88 Å². The molecule has 1 aromatic carbocycles. The van der Waals surface area contributed by atoms with Crippen LogP contribution in [0.3, 0.4) is 0 Å². The summed E-state index contributed by atoms with van der Waals surface area (Å²) in [6.45, 7) is 9.90. The van der Waals surface area contributed by atoms with Crippen LogP contribution in [0.4, 0.5) is 5.82 Å². The van der Waals surface area contributed by atoms with Crippen molar-refractivity contribution in [2.24, 2.45) is 5.92 Å². The fourth-order valence-corrected chi connectivity index (χ4v) is 3.43. The van der Waals surface area contributed by atoms with Crippen molar-refractivity contribution in [2.75, 3.05) is 18.4 Å². The highest BCUT2D eigenvalue weighted by molar-refractivity contribution is 5.81. The van der Waals surface area contributed by atoms with Gasteiger partial charge in [0.05, 0.1) is 5.52 Å². The topological polar surface area (TPSA) is 28.2 Å². The Morgan fingerprint density at radius 3 is 2.81 bits per heavy atom. The molecule has 112 valence electrons. The first-order chi connectivity index (χ1) is 10.2. The first-order valence-electron chi connectivity index (χ1n) is 8.04. The number of hydrogen-bond donors (Lipinski definition) is 1. The molecule has 1 aliphatic rings. The highest BCUT2D eigenvalue weighted by Crippen LogP contribution is 2.27. The average molecular weight is 283 g/mol. The number of anilines is 1. The summed E-state index contributed by atoms with van der Waals surface area (Å²) in [5, 5.41) is 4.66. The molecule has 3 rings (SSSR count). The number of benzene rings is 1. The summed E-state index contributed by atoms with van der Waals surface area (Å²) in [5.41, 5.74) is 2.39. The summed E-state index contributed by atoms with van der Waals surface area (Å²) in [6.07, 6.45) is 1.30. The Bertz CT molecular complexity index is 623. The molecule has 3 heteroatoms. The van der Waals surface area contributed by atoms with Gasteiger partial charge in [0.2, 0.25) is 0 Å². The Morgan fingerprint density at radius 2 is 2.10 bits per heavy atom. The van der Waals surface area contributed by atoms with Gasteiger partial charge in [-0.1, -0.05) is 25.1 Å². The molecule has 0 radical (unpaired) electrons. The summed E-state index contributed by atoms with van der Waals surface area (Å²) in [7, 11) is 0. The Morgan fingerprint density at radius 1 is 1.29 bits per heavy atom. The van der Waals surface area contributed by atoms with Crippen molar-refractivity contribution in [3.8, 4) is 0 Å². The number of fused-ring (bicyclic) bond motifs is 1. The minimum Gasteiger partial charge on any atom is -0.370 e. The number of aromatic nitrogens is 1. The zero-order chi connectivity index (χ0) is 14.8. The first kappa shape index (κ1) is 14.3. The second kappa shape index (κ2) is 6.02. The molecule has 21 heavy (non-hydrogen) atoms. The van der Waals surface area contributed by atoms with Crippen LogP contribution in [-0.4, -0.2) is 29.0 Å². The lowest BCUT2D eigenvalue weighted by atomic mass is 10.1. The van der Waals surface area contributed by atoms with Crippen LogP contribution in [0.15, 0.2) is 30.3 Å². The van der Waals surface area contributed by atoms with E-state index in [0.717, 1.165) is 30.3 Å². The molecule has 0 amide bonds. The second-order valence-corrected chi connectivity index (χ2v) is 6.34. The van der Waals surface area contributed by atoms with E-state index in [1.165, 1.54) is 23.9 Å². The van der Waals surface area contributed by atoms with Gasteiger partial charge < -0.3 is 5.32 Å². The molecule has 0 bridgehead atoms. The number of rotatable bonds is 4. The van der Waals surface area contributed by atoms with Gasteiger partial charge in [-0.25, -0.2) is 4.98 Å². The maximum atomic E-state index is 4.81. The van der Waals surface area contributed by atoms with Gasteiger partial charge in [0, 0.05) is 36.6 Å². The average Bonchev–Trinajstić information content (AvgIpc) is 2.78. The van der Waals surface area contributed by atoms with Crippen LogP contribution in [-0.2, 0) is 6.54 Å². The molecule has 2 heterocycles. The number of hydrogen-bond acceptors (Lipinski definition) is 3. The SMILES string of the molecule is CCNc1nc2ccccc2cc1CN1CC(C)CC1C. The van der Waals surface area contributed by atoms with Crippen molar-refractivity contribution in [3.63, 3.8) is 0 Å². The summed E-state index contributed by atoms with van der Waals surface area (Å²) >= 11 is 0. The van der Waals surface area contributed by atoms with Crippen LogP contribution >= 0.6 is 0 Å². The third-order valence-electron chi connectivity index (χ3n) is 4.43. The molecule has 1 aromatic heterocycles. The van der Waals surface area contributed by atoms with Gasteiger partial charge in [0.1, 0.15) is 5.82 Å². The number of nitrogens with one attached hydrogen (secondary N) is 1. The molecule has 0 spiro atoms. The Hall–Kier alpha value is -1.61. The van der Waals surface area contributed by atoms with Gasteiger partial charge in [0.15, 0.2) is 0 Å². The normalized spacial score (nSPS) is 22.8. The van der Waals surface area contributed by atoms with Gasteiger partial charge in [-0.15, -0.1) is 0 Å². The molecule has 1 aliphatic heterocycles. The van der Waals surface area contributed by atoms with E-state index in [4.69, 9.17) is 4.98 Å². The predicted octanol–water partition coefficient (Wildman–Crippen LogP) is 3.90. The molecule has 1 N–H and O–H groups in total. The van der Waals surface area contributed by atoms with Gasteiger partial charge >= 0.3 is 0 Å². The second-order valence-electron chi connectivity index (χ2n) is 6.34. The molecular formula is C18H25N3. The molecule has 2 atom stereocenters. The van der Waals surface area contributed by atoms with E-state index in [2.05, 4.69) is 61.3 Å². The van der Waals surface area contributed by atoms with Crippen LogP contribution in [0.2, 0.25) is 0 Å². The van der Waals surface area contributed by atoms with Crippen molar-refractivity contribution in [1.29, 1.82) is 0 Å². The minimum absolute atomic E-state index is 0.668. The monoisotopic (exact) mass is 283 g/mol. The Kier molecular flexibility index (Phi) is 4.11. The van der Waals surface area contributed by atoms with Crippen molar-refractivity contribution < 1.29 is 0 Å². The highest BCUT2D eigenvalue weighted by atomic mass is 15.2. The zero-order valence-corrected chi connectivity index (χ0v) is 13.3. The van der Waals surface area contributed by atoms with E-state index in [0.29, 0.717) is 6.04 Å². The van der Waals surface area contributed by atoms with E-state index < -0.39 is 0 Å². The smallest absolute Gasteiger partial charge is 0.131 e. The molecule has 3 nitrogen and oxygen atoms in total. The minimum atomic E-state index is 0.668. The van der Waals surface area contributed by atoms with Crippen LogP contribution in [0.25, 0.3) is 10.9 Å². The lowest BCUT2D eigenvalue weighted by molar-refractivity contribution is 0.257. The Labute approximate surface area is 127 Å². The van der Waals surface area contributed by atoms with E-state index in [9.17, 15) is 0 Å². The van der Waals surface area contributed by atoms with E-state index in [-0.39, 0.29) is 0 Å². The predicted molar refractivity (Wildman–Crippen MR) is 89.6 cm³/mol. The maximum Gasteiger partial charge on any atom is 0.131 e. The van der Waals surface area contributed by atoms with Gasteiger partial charge in [-0.2, -0.15) is 0 Å². The van der Waals surface area contributed by atoms with Gasteiger partial charge in [-0.3, -0.25) is 4.90 Å². The van der Waals surface area contributed by atoms with E-state index in [1.54, 1.807) is 0 Å². The highest BCUT2D eigenvalue weighted by Gasteiger charge is 2.26. The molecule has 0 aliphatic carbocycles. The summed E-state index contributed by atoms with van der Waals surface area (Å²) < 4.78 is 0. The molecular weight excluding hydrogens is 258 g/mol. The third kappa shape index (κ3) is 3.03. The van der Waals surface area contributed by atoms with Crippen LogP contribution in [0, 0.1) is 5.92 Å². The van der Waals surface area contributed by atoms with Crippen molar-refractivity contribution >= 4 is 16.7 Å². The van der Waals surface area contributed by atoms with Crippen LogP contribution in [0.5, 0.6) is 0 Å². The van der Waals surface area contributed by atoms with E-state index >= 15 is 0 Å². The number of pyridine rings is 1. The van der Waals surface area contributed by atoms with Crippen LogP contribution in [0.1, 0.15) is 32.8 Å². The summed E-state index contributed by atoms with van der Waals surface area (Å²) in [5.74, 6) is 1.85. The molecule has 2 aromatic rings. The summed E-state index contributed by atoms with van der Waals surface area (Å²) in [4.78, 5) is 7.39. The molecule has 0 saturated carbocycles.